The number of anilines is 2. The van der Waals surface area contributed by atoms with Crippen molar-refractivity contribution in [3.63, 3.8) is 0 Å². The van der Waals surface area contributed by atoms with Gasteiger partial charge in [0, 0.05) is 29.9 Å². The maximum Gasteiger partial charge on any atom is 0.340 e. The van der Waals surface area contributed by atoms with E-state index in [9.17, 15) is 4.79 Å². The minimum atomic E-state index is -0.384. The second kappa shape index (κ2) is 6.61. The van der Waals surface area contributed by atoms with Gasteiger partial charge in [-0.2, -0.15) is 0 Å². The summed E-state index contributed by atoms with van der Waals surface area (Å²) < 4.78 is 10.4. The Hall–Kier alpha value is -1.75. The normalized spacial score (nSPS) is 19.6. The van der Waals surface area contributed by atoms with E-state index in [0.29, 0.717) is 23.8 Å². The van der Waals surface area contributed by atoms with Gasteiger partial charge in [-0.05, 0) is 38.5 Å². The van der Waals surface area contributed by atoms with E-state index in [0.717, 1.165) is 25.3 Å². The molecule has 5 heteroatoms. The highest BCUT2D eigenvalue weighted by atomic mass is 16.5. The molecule has 20 heavy (non-hydrogen) atoms. The number of hydrogen-bond acceptors (Lipinski definition) is 5. The van der Waals surface area contributed by atoms with Gasteiger partial charge in [-0.15, -0.1) is 0 Å². The summed E-state index contributed by atoms with van der Waals surface area (Å²) in [5.41, 5.74) is 7.55. The van der Waals surface area contributed by atoms with Gasteiger partial charge >= 0.3 is 5.97 Å². The molecule has 1 heterocycles. The Morgan fingerprint density at radius 3 is 3.05 bits per heavy atom. The van der Waals surface area contributed by atoms with E-state index in [1.807, 2.05) is 6.07 Å². The molecule has 1 aliphatic heterocycles. The fraction of sp³-hybridized carbons (Fsp3) is 0.533. The molecule has 1 aromatic carbocycles. The van der Waals surface area contributed by atoms with Crippen LogP contribution in [-0.4, -0.2) is 31.8 Å². The lowest BCUT2D eigenvalue weighted by atomic mass is 10.0. The van der Waals surface area contributed by atoms with Gasteiger partial charge in [0.05, 0.1) is 18.8 Å². The van der Waals surface area contributed by atoms with Gasteiger partial charge in [0.15, 0.2) is 0 Å². The van der Waals surface area contributed by atoms with Crippen LogP contribution in [-0.2, 0) is 9.47 Å². The first-order valence-corrected chi connectivity index (χ1v) is 7.02. The Bertz CT molecular complexity index is 470. The predicted molar refractivity (Wildman–Crippen MR) is 78.8 cm³/mol. The minimum absolute atomic E-state index is 0.288. The van der Waals surface area contributed by atoms with Crippen molar-refractivity contribution in [2.75, 3.05) is 30.9 Å². The highest BCUT2D eigenvalue weighted by Gasteiger charge is 2.22. The number of ether oxygens (including phenoxy) is 2. The molecule has 2 atom stereocenters. The van der Waals surface area contributed by atoms with Crippen molar-refractivity contribution in [1.82, 2.24) is 0 Å². The van der Waals surface area contributed by atoms with E-state index in [2.05, 4.69) is 12.2 Å². The molecule has 0 bridgehead atoms. The Morgan fingerprint density at radius 1 is 1.60 bits per heavy atom. The molecule has 1 fully saturated rings. The van der Waals surface area contributed by atoms with Gasteiger partial charge in [-0.3, -0.25) is 0 Å². The van der Waals surface area contributed by atoms with Crippen LogP contribution in [0, 0.1) is 5.92 Å². The molecule has 3 N–H and O–H groups in total. The second-order valence-electron chi connectivity index (χ2n) is 5.08. The van der Waals surface area contributed by atoms with Crippen LogP contribution in [0.2, 0.25) is 0 Å². The van der Waals surface area contributed by atoms with Gasteiger partial charge in [0.1, 0.15) is 0 Å². The number of carbonyl (C=O) groups is 1. The summed E-state index contributed by atoms with van der Waals surface area (Å²) in [6.07, 6.45) is 1.06. The Kier molecular flexibility index (Phi) is 4.84. The van der Waals surface area contributed by atoms with Crippen LogP contribution in [0.1, 0.15) is 30.6 Å². The Balaban J connectivity index is 2.08. The van der Waals surface area contributed by atoms with Crippen LogP contribution in [0.3, 0.4) is 0 Å². The molecule has 0 saturated carbocycles. The van der Waals surface area contributed by atoms with Crippen LogP contribution in [0.25, 0.3) is 0 Å². The third kappa shape index (κ3) is 3.42. The van der Waals surface area contributed by atoms with Crippen LogP contribution in [0.5, 0.6) is 0 Å². The molecule has 0 spiro atoms. The molecule has 2 rings (SSSR count). The van der Waals surface area contributed by atoms with Gasteiger partial charge in [0.2, 0.25) is 0 Å². The van der Waals surface area contributed by atoms with Crippen molar-refractivity contribution in [2.24, 2.45) is 5.92 Å². The first-order valence-electron chi connectivity index (χ1n) is 7.02. The van der Waals surface area contributed by atoms with E-state index in [1.165, 1.54) is 0 Å². The highest BCUT2D eigenvalue weighted by molar-refractivity contribution is 5.96. The molecular weight excluding hydrogens is 256 g/mol. The highest BCUT2D eigenvalue weighted by Crippen LogP contribution is 2.23. The first-order chi connectivity index (χ1) is 9.61. The average molecular weight is 278 g/mol. The van der Waals surface area contributed by atoms with Crippen molar-refractivity contribution in [3.8, 4) is 0 Å². The number of nitrogen functional groups attached to an aromatic ring is 1. The smallest absolute Gasteiger partial charge is 0.340 e. The zero-order chi connectivity index (χ0) is 14.5. The summed E-state index contributed by atoms with van der Waals surface area (Å²) in [5, 5.41) is 3.41. The van der Waals surface area contributed by atoms with Crippen molar-refractivity contribution < 1.29 is 14.3 Å². The van der Waals surface area contributed by atoms with Crippen LogP contribution in [0.15, 0.2) is 18.2 Å². The zero-order valence-electron chi connectivity index (χ0n) is 12.0. The molecule has 1 saturated heterocycles. The van der Waals surface area contributed by atoms with Gasteiger partial charge in [-0.25, -0.2) is 4.79 Å². The summed E-state index contributed by atoms with van der Waals surface area (Å²) in [6.45, 7) is 5.85. The number of carbonyl (C=O) groups excluding carboxylic acids is 1. The molecule has 5 nitrogen and oxygen atoms in total. The molecule has 0 amide bonds. The van der Waals surface area contributed by atoms with E-state index in [1.54, 1.807) is 19.1 Å². The molecule has 0 aromatic heterocycles. The van der Waals surface area contributed by atoms with Crippen molar-refractivity contribution in [1.29, 1.82) is 0 Å². The molecular formula is C15H22N2O3. The van der Waals surface area contributed by atoms with Crippen molar-refractivity contribution >= 4 is 17.3 Å². The summed E-state index contributed by atoms with van der Waals surface area (Å²) >= 11 is 0. The lowest BCUT2D eigenvalue weighted by Gasteiger charge is -2.21. The molecule has 1 aromatic rings. The zero-order valence-corrected chi connectivity index (χ0v) is 12.0. The Morgan fingerprint density at radius 2 is 2.40 bits per heavy atom. The fourth-order valence-electron chi connectivity index (χ4n) is 2.36. The topological polar surface area (TPSA) is 73.6 Å². The van der Waals surface area contributed by atoms with Crippen LogP contribution < -0.4 is 11.1 Å². The lowest BCUT2D eigenvalue weighted by Crippen LogP contribution is -2.26. The standard InChI is InChI=1S/C15H22N2O3/c1-3-20-15(18)13-8-12(4-5-14(13)16)17-10(2)11-6-7-19-9-11/h4-5,8,10-11,17H,3,6-7,9,16H2,1-2H3. The number of rotatable bonds is 5. The summed E-state index contributed by atoms with van der Waals surface area (Å²) in [4.78, 5) is 11.8. The molecule has 1 aliphatic rings. The third-order valence-electron chi connectivity index (χ3n) is 3.61. The number of benzene rings is 1. The average Bonchev–Trinajstić information content (AvgIpc) is 2.95. The predicted octanol–water partition coefficient (Wildman–Crippen LogP) is 2.28. The van der Waals surface area contributed by atoms with E-state index >= 15 is 0 Å². The van der Waals surface area contributed by atoms with E-state index in [4.69, 9.17) is 15.2 Å². The number of hydrogen-bond donors (Lipinski definition) is 2. The van der Waals surface area contributed by atoms with Crippen molar-refractivity contribution in [2.45, 2.75) is 26.3 Å². The van der Waals surface area contributed by atoms with Crippen LogP contribution in [0.4, 0.5) is 11.4 Å². The number of nitrogens with two attached hydrogens (primary N) is 1. The molecule has 2 unspecified atom stereocenters. The summed E-state index contributed by atoms with van der Waals surface area (Å²) in [7, 11) is 0. The van der Waals surface area contributed by atoms with Crippen LogP contribution >= 0.6 is 0 Å². The van der Waals surface area contributed by atoms with Gasteiger partial charge < -0.3 is 20.5 Å². The SMILES string of the molecule is CCOC(=O)c1cc(NC(C)C2CCOC2)ccc1N. The Labute approximate surface area is 119 Å². The lowest BCUT2D eigenvalue weighted by molar-refractivity contribution is 0.0527. The number of esters is 1. The maximum atomic E-state index is 11.8. The molecule has 0 radical (unpaired) electrons. The monoisotopic (exact) mass is 278 g/mol. The third-order valence-corrected chi connectivity index (χ3v) is 3.61. The molecule has 110 valence electrons. The minimum Gasteiger partial charge on any atom is -0.462 e. The van der Waals surface area contributed by atoms with E-state index < -0.39 is 0 Å². The second-order valence-corrected chi connectivity index (χ2v) is 5.08. The fourth-order valence-corrected chi connectivity index (χ4v) is 2.36. The first kappa shape index (κ1) is 14.7. The van der Waals surface area contributed by atoms with Gasteiger partial charge in [0.25, 0.3) is 0 Å². The number of nitrogens with one attached hydrogen (secondary N) is 1. The summed E-state index contributed by atoms with van der Waals surface area (Å²) in [6, 6.07) is 5.65. The maximum absolute atomic E-state index is 11.8. The largest absolute Gasteiger partial charge is 0.462 e. The van der Waals surface area contributed by atoms with Crippen molar-refractivity contribution in [3.05, 3.63) is 23.8 Å². The summed E-state index contributed by atoms with van der Waals surface area (Å²) in [5.74, 6) is 0.115. The van der Waals surface area contributed by atoms with E-state index in [-0.39, 0.29) is 12.0 Å². The van der Waals surface area contributed by atoms with Gasteiger partial charge in [-0.1, -0.05) is 0 Å². The molecule has 0 aliphatic carbocycles. The quantitative estimate of drug-likeness (QED) is 0.638.